The summed E-state index contributed by atoms with van der Waals surface area (Å²) in [4.78, 5) is 27.1. The molecule has 0 saturated heterocycles. The van der Waals surface area contributed by atoms with Crippen molar-refractivity contribution in [2.75, 3.05) is 35.1 Å². The molecule has 2 heterocycles. The number of hydrogen-bond acceptors (Lipinski definition) is 9. The number of nitrogens with one attached hydrogen (secondary N) is 3. The first-order chi connectivity index (χ1) is 18.8. The third kappa shape index (κ3) is 6.32. The van der Waals surface area contributed by atoms with Crippen LogP contribution in [0.25, 0.3) is 0 Å². The van der Waals surface area contributed by atoms with Gasteiger partial charge in [-0.2, -0.15) is 18.2 Å². The number of halogens is 3. The van der Waals surface area contributed by atoms with E-state index in [-0.39, 0.29) is 27.2 Å². The standard InChI is InChI=1S/C20H21F3N8O3S/c1-24-18(32)12-4-6-13(7-5-12)29-19-28-10-14(20(21,22)23)16(30-19)27-11-15-17(26-9-8-25-15)31(2)35(3,33)34/h4-10H,11H2,1-3H3,(H,24,32)(H2,27,28,29,30)/i1D3,2D3. The minimum atomic E-state index is -4.92. The Morgan fingerprint density at radius 2 is 1.86 bits per heavy atom. The molecule has 0 spiro atoms. The summed E-state index contributed by atoms with van der Waals surface area (Å²) in [6.07, 6.45) is -1.68. The molecule has 2 aromatic heterocycles. The second-order valence-corrected chi connectivity index (χ2v) is 8.65. The molecule has 0 unspecified atom stereocenters. The summed E-state index contributed by atoms with van der Waals surface area (Å²) in [5.74, 6) is -2.56. The fourth-order valence-electron chi connectivity index (χ4n) is 2.67. The number of rotatable bonds is 8. The molecule has 186 valence electrons. The lowest BCUT2D eigenvalue weighted by Gasteiger charge is -2.19. The maximum absolute atomic E-state index is 13.7. The Morgan fingerprint density at radius 1 is 1.14 bits per heavy atom. The van der Waals surface area contributed by atoms with Crippen LogP contribution in [0.5, 0.6) is 0 Å². The van der Waals surface area contributed by atoms with Crippen LogP contribution in [0, 0.1) is 0 Å². The SMILES string of the molecule is [2H]C([2H])([2H])NC(=O)c1ccc(Nc2ncc(C(F)(F)F)c(NCc3nccnc3N(C([2H])([2H])[2H])S(C)(=O)=O)n2)cc1. The molecule has 0 fully saturated rings. The zero-order chi connectivity index (χ0) is 30.8. The van der Waals surface area contributed by atoms with E-state index in [4.69, 9.17) is 8.22 Å². The molecule has 0 saturated carbocycles. The Bertz CT molecular complexity index is 1520. The third-order valence-electron chi connectivity index (χ3n) is 4.31. The van der Waals surface area contributed by atoms with E-state index in [9.17, 15) is 26.4 Å². The summed E-state index contributed by atoms with van der Waals surface area (Å²) in [7, 11) is -4.40. The van der Waals surface area contributed by atoms with Crippen LogP contribution in [0.4, 0.5) is 36.4 Å². The van der Waals surface area contributed by atoms with Crippen molar-refractivity contribution in [2.45, 2.75) is 12.7 Å². The van der Waals surface area contributed by atoms with E-state index in [1.54, 1.807) is 0 Å². The van der Waals surface area contributed by atoms with Crippen molar-refractivity contribution in [3.05, 3.63) is 59.7 Å². The van der Waals surface area contributed by atoms with Crippen LogP contribution in [0.15, 0.2) is 42.9 Å². The summed E-state index contributed by atoms with van der Waals surface area (Å²) >= 11 is 0. The largest absolute Gasteiger partial charge is 0.421 e. The van der Waals surface area contributed by atoms with E-state index < -0.39 is 59.8 Å². The summed E-state index contributed by atoms with van der Waals surface area (Å²) in [6.45, 7) is -6.52. The van der Waals surface area contributed by atoms with Crippen LogP contribution >= 0.6 is 0 Å². The van der Waals surface area contributed by atoms with E-state index in [1.165, 1.54) is 24.3 Å². The van der Waals surface area contributed by atoms with Crippen molar-refractivity contribution in [3.8, 4) is 0 Å². The summed E-state index contributed by atoms with van der Waals surface area (Å²) in [5, 5.41) is 6.84. The molecule has 3 aromatic rings. The molecule has 3 N–H and O–H groups in total. The highest BCUT2D eigenvalue weighted by molar-refractivity contribution is 7.92. The van der Waals surface area contributed by atoms with Gasteiger partial charge in [-0.25, -0.2) is 18.4 Å². The van der Waals surface area contributed by atoms with Gasteiger partial charge >= 0.3 is 6.18 Å². The van der Waals surface area contributed by atoms with Crippen LogP contribution < -0.4 is 20.3 Å². The van der Waals surface area contributed by atoms with Crippen molar-refractivity contribution in [3.63, 3.8) is 0 Å². The number of hydrogen-bond donors (Lipinski definition) is 3. The smallest absolute Gasteiger partial charge is 0.364 e. The number of nitrogens with zero attached hydrogens (tertiary/aromatic N) is 5. The average molecular weight is 517 g/mol. The van der Waals surface area contributed by atoms with Gasteiger partial charge in [0, 0.05) is 52.0 Å². The van der Waals surface area contributed by atoms with Gasteiger partial charge in [0.2, 0.25) is 16.0 Å². The molecular formula is C20H21F3N8O3S. The first-order valence-electron chi connectivity index (χ1n) is 12.4. The highest BCUT2D eigenvalue weighted by Crippen LogP contribution is 2.34. The van der Waals surface area contributed by atoms with Gasteiger partial charge in [-0.1, -0.05) is 0 Å². The lowest BCUT2D eigenvalue weighted by atomic mass is 10.2. The van der Waals surface area contributed by atoms with Gasteiger partial charge in [0.05, 0.1) is 12.8 Å². The third-order valence-corrected chi connectivity index (χ3v) is 5.15. The van der Waals surface area contributed by atoms with Crippen LogP contribution in [0.3, 0.4) is 0 Å². The van der Waals surface area contributed by atoms with Crippen molar-refractivity contribution >= 4 is 39.2 Å². The molecule has 0 radical (unpaired) electrons. The minimum absolute atomic E-state index is 0.00216. The molecule has 15 heteroatoms. The highest BCUT2D eigenvalue weighted by atomic mass is 32.2. The highest BCUT2D eigenvalue weighted by Gasteiger charge is 2.35. The Hall–Kier alpha value is -4.01. The Balaban J connectivity index is 1.89. The predicted octanol–water partition coefficient (Wildman–Crippen LogP) is 2.40. The van der Waals surface area contributed by atoms with Gasteiger partial charge in [-0.15, -0.1) is 0 Å². The zero-order valence-electron chi connectivity index (χ0n) is 23.8. The molecule has 0 aliphatic heterocycles. The second-order valence-electron chi connectivity index (χ2n) is 6.82. The Labute approximate surface area is 207 Å². The fourth-order valence-corrected chi connectivity index (χ4v) is 3.14. The van der Waals surface area contributed by atoms with Crippen molar-refractivity contribution in [1.82, 2.24) is 25.3 Å². The van der Waals surface area contributed by atoms with Gasteiger partial charge in [-0.3, -0.25) is 14.1 Å². The monoisotopic (exact) mass is 516 g/mol. The normalized spacial score (nSPS) is 14.9. The molecule has 0 aliphatic rings. The minimum Gasteiger partial charge on any atom is -0.364 e. The molecule has 35 heavy (non-hydrogen) atoms. The quantitative estimate of drug-likeness (QED) is 0.411. The fraction of sp³-hybridized carbons (Fsp3) is 0.250. The van der Waals surface area contributed by atoms with E-state index in [2.05, 4.69) is 30.6 Å². The molecule has 0 atom stereocenters. The van der Waals surface area contributed by atoms with Crippen molar-refractivity contribution < 1.29 is 34.6 Å². The average Bonchev–Trinajstić information content (AvgIpc) is 2.80. The lowest BCUT2D eigenvalue weighted by molar-refractivity contribution is -0.137. The maximum Gasteiger partial charge on any atom is 0.421 e. The van der Waals surface area contributed by atoms with Crippen LogP contribution in [-0.2, 0) is 22.7 Å². The number of amides is 1. The number of benzene rings is 1. The second kappa shape index (κ2) is 10.1. The number of carbonyl (C=O) groups is 1. The van der Waals surface area contributed by atoms with E-state index in [0.29, 0.717) is 12.5 Å². The number of alkyl halides is 3. The van der Waals surface area contributed by atoms with Crippen molar-refractivity contribution in [1.29, 1.82) is 0 Å². The van der Waals surface area contributed by atoms with Crippen LogP contribution in [0.2, 0.25) is 0 Å². The number of carbonyl (C=O) groups excluding carboxylic acids is 1. The number of sulfonamides is 1. The number of anilines is 4. The number of aromatic nitrogens is 4. The van der Waals surface area contributed by atoms with Gasteiger partial charge < -0.3 is 16.0 Å². The van der Waals surface area contributed by atoms with E-state index in [1.807, 2.05) is 5.32 Å². The molecule has 1 amide bonds. The predicted molar refractivity (Wildman–Crippen MR) is 123 cm³/mol. The first kappa shape index (κ1) is 18.3. The maximum atomic E-state index is 13.7. The lowest BCUT2D eigenvalue weighted by Crippen LogP contribution is -2.27. The summed E-state index contributed by atoms with van der Waals surface area (Å²) in [5.41, 5.74) is -1.36. The van der Waals surface area contributed by atoms with Crippen LogP contribution in [0.1, 0.15) is 29.8 Å². The van der Waals surface area contributed by atoms with Gasteiger partial charge in [0.15, 0.2) is 5.82 Å². The summed E-state index contributed by atoms with van der Waals surface area (Å²) < 4.78 is 109. The molecule has 0 bridgehead atoms. The summed E-state index contributed by atoms with van der Waals surface area (Å²) in [6, 6.07) is 5.20. The van der Waals surface area contributed by atoms with Gasteiger partial charge in [0.1, 0.15) is 17.1 Å². The Morgan fingerprint density at radius 3 is 2.49 bits per heavy atom. The van der Waals surface area contributed by atoms with Gasteiger partial charge in [0.25, 0.3) is 5.91 Å². The first-order valence-corrected chi connectivity index (χ1v) is 11.3. The molecule has 3 rings (SSSR count). The molecular weight excluding hydrogens is 489 g/mol. The topological polar surface area (TPSA) is 142 Å². The zero-order valence-corrected chi connectivity index (χ0v) is 18.6. The van der Waals surface area contributed by atoms with Crippen molar-refractivity contribution in [2.24, 2.45) is 0 Å². The molecule has 0 aliphatic carbocycles. The molecule has 11 nitrogen and oxygen atoms in total. The molecule has 1 aromatic carbocycles. The van der Waals surface area contributed by atoms with E-state index >= 15 is 0 Å². The van der Waals surface area contributed by atoms with E-state index in [0.717, 1.165) is 12.4 Å². The van der Waals surface area contributed by atoms with Crippen LogP contribution in [-0.4, -0.2) is 54.5 Å². The van der Waals surface area contributed by atoms with Gasteiger partial charge in [-0.05, 0) is 24.3 Å². The Kier molecular flexibility index (Phi) is 5.28.